The van der Waals surface area contributed by atoms with E-state index in [0.29, 0.717) is 25.4 Å². The van der Waals surface area contributed by atoms with Crippen LogP contribution in [-0.2, 0) is 0 Å². The molecule has 0 unspecified atom stereocenters. The monoisotopic (exact) mass is 358 g/mol. The molecule has 5 nitrogen and oxygen atoms in total. The van der Waals surface area contributed by atoms with Crippen LogP contribution in [0.1, 0.15) is 10.4 Å². The highest BCUT2D eigenvalue weighted by molar-refractivity contribution is 5.94. The lowest BCUT2D eigenvalue weighted by molar-refractivity contribution is 0.0616. The van der Waals surface area contributed by atoms with E-state index in [-0.39, 0.29) is 11.5 Å². The summed E-state index contributed by atoms with van der Waals surface area (Å²) in [5.74, 6) is 0.442. The van der Waals surface area contributed by atoms with Gasteiger partial charge in [-0.2, -0.15) is 0 Å². The van der Waals surface area contributed by atoms with Gasteiger partial charge in [0.2, 0.25) is 0 Å². The predicted molar refractivity (Wildman–Crippen MR) is 97.2 cm³/mol. The Morgan fingerprint density at radius 2 is 1.77 bits per heavy atom. The number of carbonyl (C=O) groups excluding carboxylic acids is 1. The molecule has 0 N–H and O–H groups in total. The number of halogens is 1. The highest BCUT2D eigenvalue weighted by atomic mass is 19.1. The van der Waals surface area contributed by atoms with Crippen LogP contribution in [-0.4, -0.2) is 62.1 Å². The Morgan fingerprint density at radius 3 is 2.42 bits per heavy atom. The molecular formula is C20H23FN2O3. The first kappa shape index (κ1) is 18.2. The Labute approximate surface area is 152 Å². The predicted octanol–water partition coefficient (Wildman–Crippen LogP) is 2.67. The lowest BCUT2D eigenvalue weighted by atomic mass is 10.1. The summed E-state index contributed by atoms with van der Waals surface area (Å²) in [6, 6.07) is 14.0. The number of hydrogen-bond acceptors (Lipinski definition) is 4. The van der Waals surface area contributed by atoms with Crippen molar-refractivity contribution in [3.8, 4) is 11.5 Å². The van der Waals surface area contributed by atoms with Crippen molar-refractivity contribution in [2.45, 2.75) is 0 Å². The smallest absolute Gasteiger partial charge is 0.256 e. The Bertz CT molecular complexity index is 731. The van der Waals surface area contributed by atoms with Gasteiger partial charge in [-0.05, 0) is 24.3 Å². The van der Waals surface area contributed by atoms with Gasteiger partial charge in [-0.1, -0.05) is 18.2 Å². The number of para-hydroxylation sites is 1. The van der Waals surface area contributed by atoms with Crippen LogP contribution in [0.15, 0.2) is 48.5 Å². The molecule has 0 spiro atoms. The molecule has 0 atom stereocenters. The van der Waals surface area contributed by atoms with E-state index < -0.39 is 5.82 Å². The average molecular weight is 358 g/mol. The van der Waals surface area contributed by atoms with Crippen LogP contribution in [0.4, 0.5) is 4.39 Å². The summed E-state index contributed by atoms with van der Waals surface area (Å²) in [5.41, 5.74) is 0.0895. The van der Waals surface area contributed by atoms with E-state index in [1.807, 2.05) is 30.3 Å². The van der Waals surface area contributed by atoms with Crippen LogP contribution < -0.4 is 9.47 Å². The van der Waals surface area contributed by atoms with Crippen LogP contribution in [0.5, 0.6) is 11.5 Å². The Morgan fingerprint density at radius 1 is 1.04 bits per heavy atom. The zero-order valence-electron chi connectivity index (χ0n) is 14.9. The number of amides is 1. The zero-order valence-corrected chi connectivity index (χ0v) is 14.9. The first-order chi connectivity index (χ1) is 12.7. The Kier molecular flexibility index (Phi) is 6.07. The fraction of sp³-hybridized carbons (Fsp3) is 0.350. The minimum atomic E-state index is -0.548. The zero-order chi connectivity index (χ0) is 18.4. The lowest BCUT2D eigenvalue weighted by Crippen LogP contribution is -2.49. The minimum Gasteiger partial charge on any atom is -0.497 e. The second kappa shape index (κ2) is 8.67. The first-order valence-corrected chi connectivity index (χ1v) is 8.70. The van der Waals surface area contributed by atoms with Crippen molar-refractivity contribution in [2.75, 3.05) is 46.4 Å². The third kappa shape index (κ3) is 4.52. The van der Waals surface area contributed by atoms with E-state index in [0.717, 1.165) is 25.4 Å². The third-order valence-electron chi connectivity index (χ3n) is 4.49. The van der Waals surface area contributed by atoms with Crippen molar-refractivity contribution < 1.29 is 18.7 Å². The summed E-state index contributed by atoms with van der Waals surface area (Å²) < 4.78 is 24.8. The Balaban J connectivity index is 1.46. The molecule has 0 radical (unpaired) electrons. The van der Waals surface area contributed by atoms with Gasteiger partial charge in [0.25, 0.3) is 5.91 Å². The Hall–Kier alpha value is -2.60. The average Bonchev–Trinajstić information content (AvgIpc) is 2.69. The van der Waals surface area contributed by atoms with Crippen molar-refractivity contribution in [3.05, 3.63) is 59.9 Å². The number of piperazine rings is 1. The normalized spacial score (nSPS) is 14.9. The molecule has 0 aromatic heterocycles. The summed E-state index contributed by atoms with van der Waals surface area (Å²) in [7, 11) is 1.47. The fourth-order valence-corrected chi connectivity index (χ4v) is 2.95. The molecule has 1 aliphatic heterocycles. The second-order valence-corrected chi connectivity index (χ2v) is 6.14. The molecule has 1 aliphatic rings. The van der Waals surface area contributed by atoms with Gasteiger partial charge in [0.15, 0.2) is 0 Å². The molecule has 0 aliphatic carbocycles. The van der Waals surface area contributed by atoms with Crippen LogP contribution in [0.3, 0.4) is 0 Å². The third-order valence-corrected chi connectivity index (χ3v) is 4.49. The molecule has 6 heteroatoms. The summed E-state index contributed by atoms with van der Waals surface area (Å²) in [6.45, 7) is 4.06. The highest BCUT2D eigenvalue weighted by Gasteiger charge is 2.24. The number of benzene rings is 2. The number of nitrogens with zero attached hydrogens (tertiary/aromatic N) is 2. The topological polar surface area (TPSA) is 42.0 Å². The van der Waals surface area contributed by atoms with Crippen LogP contribution in [0.25, 0.3) is 0 Å². The molecule has 3 rings (SSSR count). The van der Waals surface area contributed by atoms with Crippen molar-refractivity contribution in [3.63, 3.8) is 0 Å². The van der Waals surface area contributed by atoms with Crippen molar-refractivity contribution in [1.29, 1.82) is 0 Å². The minimum absolute atomic E-state index is 0.0895. The van der Waals surface area contributed by atoms with Gasteiger partial charge < -0.3 is 14.4 Å². The molecule has 138 valence electrons. The maximum atomic E-state index is 14.1. The molecule has 0 saturated carbocycles. The van der Waals surface area contributed by atoms with Gasteiger partial charge in [0, 0.05) is 38.8 Å². The van der Waals surface area contributed by atoms with Crippen LogP contribution >= 0.6 is 0 Å². The first-order valence-electron chi connectivity index (χ1n) is 8.70. The quantitative estimate of drug-likeness (QED) is 0.796. The number of methoxy groups -OCH3 is 1. The molecule has 1 amide bonds. The van der Waals surface area contributed by atoms with Crippen LogP contribution in [0.2, 0.25) is 0 Å². The van der Waals surface area contributed by atoms with Gasteiger partial charge in [0.05, 0.1) is 12.7 Å². The summed E-state index contributed by atoms with van der Waals surface area (Å²) in [4.78, 5) is 16.5. The molecule has 2 aromatic rings. The largest absolute Gasteiger partial charge is 0.497 e. The van der Waals surface area contributed by atoms with Gasteiger partial charge in [-0.3, -0.25) is 9.69 Å². The summed E-state index contributed by atoms with van der Waals surface area (Å²) in [5, 5.41) is 0. The number of carbonyl (C=O) groups is 1. The maximum absolute atomic E-state index is 14.1. The van der Waals surface area contributed by atoms with Gasteiger partial charge in [-0.15, -0.1) is 0 Å². The molecule has 1 heterocycles. The maximum Gasteiger partial charge on any atom is 0.256 e. The second-order valence-electron chi connectivity index (χ2n) is 6.14. The summed E-state index contributed by atoms with van der Waals surface area (Å²) in [6.07, 6.45) is 0. The molecular weight excluding hydrogens is 335 g/mol. The molecule has 2 aromatic carbocycles. The van der Waals surface area contributed by atoms with Gasteiger partial charge in [-0.25, -0.2) is 4.39 Å². The van der Waals surface area contributed by atoms with E-state index in [4.69, 9.17) is 9.47 Å². The molecule has 0 bridgehead atoms. The lowest BCUT2D eigenvalue weighted by Gasteiger charge is -2.34. The van der Waals surface area contributed by atoms with E-state index in [9.17, 15) is 9.18 Å². The summed E-state index contributed by atoms with van der Waals surface area (Å²) >= 11 is 0. The van der Waals surface area contributed by atoms with E-state index in [1.54, 1.807) is 11.0 Å². The standard InChI is InChI=1S/C20H23FN2O3/c1-25-17-7-8-18(19(21)15-17)20(24)23-11-9-22(10-12-23)13-14-26-16-5-3-2-4-6-16/h2-8,15H,9-14H2,1H3. The number of hydrogen-bond donors (Lipinski definition) is 0. The number of ether oxygens (including phenoxy) is 2. The fourth-order valence-electron chi connectivity index (χ4n) is 2.95. The van der Waals surface area contributed by atoms with Crippen LogP contribution in [0, 0.1) is 5.82 Å². The van der Waals surface area contributed by atoms with E-state index >= 15 is 0 Å². The van der Waals surface area contributed by atoms with Crippen molar-refractivity contribution in [2.24, 2.45) is 0 Å². The van der Waals surface area contributed by atoms with Gasteiger partial charge >= 0.3 is 0 Å². The van der Waals surface area contributed by atoms with Crippen molar-refractivity contribution in [1.82, 2.24) is 9.80 Å². The molecule has 1 fully saturated rings. The van der Waals surface area contributed by atoms with E-state index in [1.165, 1.54) is 19.2 Å². The highest BCUT2D eigenvalue weighted by Crippen LogP contribution is 2.18. The van der Waals surface area contributed by atoms with E-state index in [2.05, 4.69) is 4.90 Å². The number of rotatable bonds is 6. The van der Waals surface area contributed by atoms with Gasteiger partial charge in [0.1, 0.15) is 23.9 Å². The molecule has 1 saturated heterocycles. The molecule has 26 heavy (non-hydrogen) atoms. The SMILES string of the molecule is COc1ccc(C(=O)N2CCN(CCOc3ccccc3)CC2)c(F)c1. The van der Waals surface area contributed by atoms with Crippen molar-refractivity contribution >= 4 is 5.91 Å².